The van der Waals surface area contributed by atoms with Crippen LogP contribution in [0.2, 0.25) is 5.02 Å². The van der Waals surface area contributed by atoms with E-state index in [1.807, 2.05) is 0 Å². The van der Waals surface area contributed by atoms with E-state index in [9.17, 15) is 8.42 Å². The van der Waals surface area contributed by atoms with Crippen molar-refractivity contribution in [2.24, 2.45) is 0 Å². The molecule has 8 heteroatoms. The fraction of sp³-hybridized carbons (Fsp3) is 0.333. The zero-order valence-corrected chi connectivity index (χ0v) is 12.9. The fourth-order valence-corrected chi connectivity index (χ4v) is 4.81. The van der Waals surface area contributed by atoms with E-state index in [4.69, 9.17) is 11.6 Å². The molecule has 3 nitrogen and oxygen atoms in total. The van der Waals surface area contributed by atoms with Crippen LogP contribution in [0, 0.1) is 0 Å². The lowest BCUT2D eigenvalue weighted by Gasteiger charge is -2.00. The molecular weight excluding hydrogens is 424 g/mol. The molecule has 0 amide bonds. The predicted octanol–water partition coefficient (Wildman–Crippen LogP) is 2.88. The van der Waals surface area contributed by atoms with Crippen molar-refractivity contribution in [3.63, 3.8) is 0 Å². The lowest BCUT2D eigenvalue weighted by molar-refractivity contribution is 0.586. The van der Waals surface area contributed by atoms with Crippen molar-refractivity contribution in [1.29, 1.82) is 0 Å². The van der Waals surface area contributed by atoms with Crippen LogP contribution in [0.1, 0.15) is 0 Å². The van der Waals surface area contributed by atoms with Gasteiger partial charge in [0.05, 0.1) is 8.81 Å². The standard InChI is InChI=1S/C6H6BrClINO2S2/c7-6-4(8)3-5(13-6)14(11,12)10-2-1-9/h3,10H,1-2H2. The van der Waals surface area contributed by atoms with Gasteiger partial charge >= 0.3 is 0 Å². The van der Waals surface area contributed by atoms with Crippen LogP contribution >= 0.6 is 61.5 Å². The molecule has 1 aromatic rings. The van der Waals surface area contributed by atoms with E-state index < -0.39 is 10.0 Å². The van der Waals surface area contributed by atoms with Gasteiger partial charge in [-0.15, -0.1) is 11.3 Å². The summed E-state index contributed by atoms with van der Waals surface area (Å²) >= 11 is 12.1. The molecule has 0 spiro atoms. The van der Waals surface area contributed by atoms with Gasteiger partial charge in [-0.2, -0.15) is 0 Å². The van der Waals surface area contributed by atoms with Crippen LogP contribution in [-0.4, -0.2) is 19.4 Å². The van der Waals surface area contributed by atoms with Crippen LogP contribution < -0.4 is 4.72 Å². The Morgan fingerprint density at radius 1 is 1.64 bits per heavy atom. The zero-order chi connectivity index (χ0) is 10.8. The van der Waals surface area contributed by atoms with Crippen molar-refractivity contribution in [1.82, 2.24) is 4.72 Å². The molecule has 0 aliphatic heterocycles. The van der Waals surface area contributed by atoms with Gasteiger partial charge in [0.1, 0.15) is 4.21 Å². The van der Waals surface area contributed by atoms with Crippen LogP contribution in [-0.2, 0) is 10.0 Å². The zero-order valence-electron chi connectivity index (χ0n) is 6.76. The van der Waals surface area contributed by atoms with E-state index in [-0.39, 0.29) is 4.21 Å². The SMILES string of the molecule is O=S(=O)(NCCI)c1cc(Cl)c(Br)s1. The maximum atomic E-state index is 11.6. The Morgan fingerprint density at radius 3 is 2.71 bits per heavy atom. The quantitative estimate of drug-likeness (QED) is 0.590. The number of alkyl halides is 1. The molecule has 0 radical (unpaired) electrons. The van der Waals surface area contributed by atoms with Gasteiger partial charge in [0, 0.05) is 11.0 Å². The van der Waals surface area contributed by atoms with Gasteiger partial charge in [0.15, 0.2) is 0 Å². The first-order chi connectivity index (χ1) is 6.47. The molecule has 80 valence electrons. The van der Waals surface area contributed by atoms with E-state index in [0.717, 1.165) is 15.8 Å². The van der Waals surface area contributed by atoms with Gasteiger partial charge in [-0.1, -0.05) is 34.2 Å². The average Bonchev–Trinajstić information content (AvgIpc) is 2.45. The number of nitrogens with one attached hydrogen (secondary N) is 1. The van der Waals surface area contributed by atoms with Gasteiger partial charge in [0.2, 0.25) is 10.0 Å². The van der Waals surface area contributed by atoms with Crippen LogP contribution in [0.3, 0.4) is 0 Å². The second-order valence-corrected chi connectivity index (χ2v) is 8.12. The summed E-state index contributed by atoms with van der Waals surface area (Å²) < 4.78 is 27.2. The van der Waals surface area contributed by atoms with E-state index in [2.05, 4.69) is 43.2 Å². The van der Waals surface area contributed by atoms with E-state index in [1.54, 1.807) is 0 Å². The number of rotatable bonds is 4. The number of sulfonamides is 1. The molecule has 1 aromatic heterocycles. The normalized spacial score (nSPS) is 11.9. The molecule has 0 saturated carbocycles. The first-order valence-corrected chi connectivity index (χ1v) is 8.47. The van der Waals surface area contributed by atoms with Crippen LogP contribution in [0.25, 0.3) is 0 Å². The third-order valence-corrected chi connectivity index (χ3v) is 6.22. The molecule has 1 N–H and O–H groups in total. The molecule has 0 saturated heterocycles. The third-order valence-electron chi connectivity index (χ3n) is 1.27. The summed E-state index contributed by atoms with van der Waals surface area (Å²) in [5, 5.41) is 0.421. The Balaban J connectivity index is 2.93. The highest BCUT2D eigenvalue weighted by atomic mass is 127. The van der Waals surface area contributed by atoms with Gasteiger partial charge in [-0.25, -0.2) is 13.1 Å². The first kappa shape index (κ1) is 13.2. The van der Waals surface area contributed by atoms with Crippen molar-refractivity contribution in [2.75, 3.05) is 11.0 Å². The second kappa shape index (κ2) is 5.44. The van der Waals surface area contributed by atoms with Gasteiger partial charge in [0.25, 0.3) is 0 Å². The molecule has 1 rings (SSSR count). The molecule has 0 atom stereocenters. The first-order valence-electron chi connectivity index (χ1n) is 3.48. The van der Waals surface area contributed by atoms with Gasteiger partial charge < -0.3 is 0 Å². The lowest BCUT2D eigenvalue weighted by atomic mass is 10.7. The number of thiophene rings is 1. The van der Waals surface area contributed by atoms with Gasteiger partial charge in [-0.05, 0) is 22.0 Å². The largest absolute Gasteiger partial charge is 0.250 e. The van der Waals surface area contributed by atoms with E-state index in [1.165, 1.54) is 6.07 Å². The number of hydrogen-bond acceptors (Lipinski definition) is 3. The Hall–Kier alpha value is 1.11. The highest BCUT2D eigenvalue weighted by molar-refractivity contribution is 14.1. The highest BCUT2D eigenvalue weighted by Crippen LogP contribution is 2.34. The minimum Gasteiger partial charge on any atom is -0.210 e. The van der Waals surface area contributed by atoms with Crippen molar-refractivity contribution in [3.05, 3.63) is 14.9 Å². The van der Waals surface area contributed by atoms with Crippen molar-refractivity contribution >= 4 is 71.5 Å². The maximum absolute atomic E-state index is 11.6. The highest BCUT2D eigenvalue weighted by Gasteiger charge is 2.17. The summed E-state index contributed by atoms with van der Waals surface area (Å²) in [5.74, 6) is 0. The number of hydrogen-bond donors (Lipinski definition) is 1. The molecule has 0 bridgehead atoms. The lowest BCUT2D eigenvalue weighted by Crippen LogP contribution is -2.24. The summed E-state index contributed by atoms with van der Waals surface area (Å²) in [6.07, 6.45) is 0. The molecule has 0 fully saturated rings. The Bertz CT molecular complexity index is 400. The second-order valence-electron chi connectivity index (χ2n) is 2.27. The maximum Gasteiger partial charge on any atom is 0.250 e. The summed E-state index contributed by atoms with van der Waals surface area (Å²) in [6.45, 7) is 0.427. The molecule has 0 aliphatic rings. The summed E-state index contributed by atoms with van der Waals surface area (Å²) in [6, 6.07) is 1.44. The summed E-state index contributed by atoms with van der Waals surface area (Å²) in [5.41, 5.74) is 0. The van der Waals surface area contributed by atoms with Crippen molar-refractivity contribution in [2.45, 2.75) is 4.21 Å². The Labute approximate surface area is 114 Å². The monoisotopic (exact) mass is 429 g/mol. The van der Waals surface area contributed by atoms with Gasteiger partial charge in [-0.3, -0.25) is 0 Å². The Morgan fingerprint density at radius 2 is 2.29 bits per heavy atom. The molecule has 14 heavy (non-hydrogen) atoms. The minimum absolute atomic E-state index is 0.235. The Kier molecular flexibility index (Phi) is 5.12. The van der Waals surface area contributed by atoms with Crippen LogP contribution in [0.4, 0.5) is 0 Å². The van der Waals surface area contributed by atoms with Crippen molar-refractivity contribution in [3.8, 4) is 0 Å². The third kappa shape index (κ3) is 3.31. The minimum atomic E-state index is -3.37. The fourth-order valence-electron chi connectivity index (χ4n) is 0.703. The van der Waals surface area contributed by atoms with E-state index >= 15 is 0 Å². The topological polar surface area (TPSA) is 46.2 Å². The molecule has 0 aliphatic carbocycles. The molecular formula is C6H6BrClINO2S2. The molecule has 1 heterocycles. The summed E-state index contributed by atoms with van der Waals surface area (Å²) in [4.78, 5) is 0. The van der Waals surface area contributed by atoms with Crippen LogP contribution in [0.15, 0.2) is 14.1 Å². The molecule has 0 aromatic carbocycles. The smallest absolute Gasteiger partial charge is 0.210 e. The molecule has 0 unspecified atom stereocenters. The van der Waals surface area contributed by atoms with Crippen molar-refractivity contribution < 1.29 is 8.42 Å². The van der Waals surface area contributed by atoms with E-state index in [0.29, 0.717) is 15.4 Å². The number of halogens is 3. The predicted molar refractivity (Wildman–Crippen MR) is 71.1 cm³/mol. The van der Waals surface area contributed by atoms with Crippen LogP contribution in [0.5, 0.6) is 0 Å². The summed E-state index contributed by atoms with van der Waals surface area (Å²) in [7, 11) is -3.37. The average molecular weight is 431 g/mol.